The van der Waals surface area contributed by atoms with Crippen LogP contribution in [0.1, 0.15) is 32.6 Å². The predicted octanol–water partition coefficient (Wildman–Crippen LogP) is 3.38. The van der Waals surface area contributed by atoms with Crippen LogP contribution in [0.25, 0.3) is 0 Å². The van der Waals surface area contributed by atoms with Crippen molar-refractivity contribution in [1.29, 1.82) is 0 Å². The minimum absolute atomic E-state index is 0.203. The van der Waals surface area contributed by atoms with Crippen molar-refractivity contribution in [2.24, 2.45) is 5.10 Å². The standard InChI is InChI=1S/C17H18N2O/c1-12-4-7-15(8-5-12)17(20)19-18-11-16-9-6-13(2)10-14(16)3/h4-11H,1-3H3,(H,19,20)/b18-11+. The molecule has 2 rings (SSSR count). The molecule has 1 N–H and O–H groups in total. The molecule has 3 nitrogen and oxygen atoms in total. The van der Waals surface area contributed by atoms with E-state index >= 15 is 0 Å². The van der Waals surface area contributed by atoms with Crippen LogP contribution in [0.5, 0.6) is 0 Å². The van der Waals surface area contributed by atoms with Gasteiger partial charge >= 0.3 is 0 Å². The Kier molecular flexibility index (Phi) is 4.31. The van der Waals surface area contributed by atoms with Crippen LogP contribution >= 0.6 is 0 Å². The molecule has 0 aromatic heterocycles. The normalized spacial score (nSPS) is 10.8. The Hall–Kier alpha value is -2.42. The van der Waals surface area contributed by atoms with Crippen LogP contribution in [0.3, 0.4) is 0 Å². The molecule has 0 heterocycles. The molecule has 2 aromatic carbocycles. The summed E-state index contributed by atoms with van der Waals surface area (Å²) >= 11 is 0. The Balaban J connectivity index is 2.02. The van der Waals surface area contributed by atoms with E-state index in [-0.39, 0.29) is 5.91 Å². The van der Waals surface area contributed by atoms with Gasteiger partial charge in [-0.05, 0) is 44.0 Å². The highest BCUT2D eigenvalue weighted by molar-refractivity contribution is 5.95. The molecule has 0 spiro atoms. The molecule has 0 unspecified atom stereocenters. The van der Waals surface area contributed by atoms with Crippen molar-refractivity contribution in [2.75, 3.05) is 0 Å². The first-order valence-corrected chi connectivity index (χ1v) is 6.53. The molecule has 0 aliphatic heterocycles. The molecule has 20 heavy (non-hydrogen) atoms. The number of hydrazone groups is 1. The molecular formula is C17H18N2O. The lowest BCUT2D eigenvalue weighted by molar-refractivity contribution is 0.0955. The molecule has 3 heteroatoms. The first kappa shape index (κ1) is 14.0. The second kappa shape index (κ2) is 6.15. The number of hydrogen-bond donors (Lipinski definition) is 1. The molecule has 2 aromatic rings. The lowest BCUT2D eigenvalue weighted by atomic mass is 10.1. The summed E-state index contributed by atoms with van der Waals surface area (Å²) in [7, 11) is 0. The zero-order valence-electron chi connectivity index (χ0n) is 12.0. The molecule has 0 saturated carbocycles. The van der Waals surface area contributed by atoms with Crippen molar-refractivity contribution in [3.05, 3.63) is 70.3 Å². The van der Waals surface area contributed by atoms with Crippen LogP contribution in [-0.2, 0) is 0 Å². The van der Waals surface area contributed by atoms with E-state index in [1.165, 1.54) is 5.56 Å². The predicted molar refractivity (Wildman–Crippen MR) is 82.2 cm³/mol. The second-order valence-electron chi connectivity index (χ2n) is 4.93. The fourth-order valence-corrected chi connectivity index (χ4v) is 1.90. The van der Waals surface area contributed by atoms with Crippen LogP contribution in [0.4, 0.5) is 0 Å². The van der Waals surface area contributed by atoms with Gasteiger partial charge in [0.25, 0.3) is 5.91 Å². The summed E-state index contributed by atoms with van der Waals surface area (Å²) in [4.78, 5) is 11.9. The number of carbonyl (C=O) groups excluding carboxylic acids is 1. The van der Waals surface area contributed by atoms with Crippen LogP contribution in [0, 0.1) is 20.8 Å². The van der Waals surface area contributed by atoms with Gasteiger partial charge in [-0.3, -0.25) is 4.79 Å². The maximum Gasteiger partial charge on any atom is 0.271 e. The molecule has 0 radical (unpaired) electrons. The van der Waals surface area contributed by atoms with E-state index in [2.05, 4.69) is 16.6 Å². The van der Waals surface area contributed by atoms with Crippen LogP contribution in [0.15, 0.2) is 47.6 Å². The Labute approximate surface area is 119 Å². The third-order valence-electron chi connectivity index (χ3n) is 3.11. The quantitative estimate of drug-likeness (QED) is 0.671. The van der Waals surface area contributed by atoms with E-state index < -0.39 is 0 Å². The summed E-state index contributed by atoms with van der Waals surface area (Å²) in [6.07, 6.45) is 1.67. The van der Waals surface area contributed by atoms with E-state index in [9.17, 15) is 4.79 Å². The largest absolute Gasteiger partial charge is 0.271 e. The number of carbonyl (C=O) groups is 1. The number of amides is 1. The van der Waals surface area contributed by atoms with Gasteiger partial charge in [0.05, 0.1) is 6.21 Å². The van der Waals surface area contributed by atoms with E-state index in [1.54, 1.807) is 18.3 Å². The highest BCUT2D eigenvalue weighted by Crippen LogP contribution is 2.08. The van der Waals surface area contributed by atoms with Gasteiger partial charge in [-0.15, -0.1) is 0 Å². The SMILES string of the molecule is Cc1ccc(C(=O)N/N=C/c2ccc(C)cc2C)cc1. The zero-order valence-corrected chi connectivity index (χ0v) is 12.0. The molecule has 0 atom stereocenters. The topological polar surface area (TPSA) is 41.5 Å². The summed E-state index contributed by atoms with van der Waals surface area (Å²) in [5, 5.41) is 4.01. The van der Waals surface area contributed by atoms with Crippen molar-refractivity contribution >= 4 is 12.1 Å². The summed E-state index contributed by atoms with van der Waals surface area (Å²) in [6.45, 7) is 6.06. The van der Waals surface area contributed by atoms with Crippen molar-refractivity contribution in [1.82, 2.24) is 5.43 Å². The maximum absolute atomic E-state index is 11.9. The van der Waals surface area contributed by atoms with Crippen molar-refractivity contribution in [3.8, 4) is 0 Å². The lowest BCUT2D eigenvalue weighted by Crippen LogP contribution is -2.17. The molecule has 0 saturated heterocycles. The number of aryl methyl sites for hydroxylation is 3. The van der Waals surface area contributed by atoms with Gasteiger partial charge in [-0.25, -0.2) is 5.43 Å². The summed E-state index contributed by atoms with van der Waals surface area (Å²) in [5.41, 5.74) is 7.62. The number of nitrogens with zero attached hydrogens (tertiary/aromatic N) is 1. The summed E-state index contributed by atoms with van der Waals surface area (Å²) < 4.78 is 0. The second-order valence-corrected chi connectivity index (χ2v) is 4.93. The van der Waals surface area contributed by atoms with E-state index in [1.807, 2.05) is 45.0 Å². The van der Waals surface area contributed by atoms with Gasteiger partial charge < -0.3 is 0 Å². The highest BCUT2D eigenvalue weighted by Gasteiger charge is 2.02. The third kappa shape index (κ3) is 3.54. The van der Waals surface area contributed by atoms with Crippen molar-refractivity contribution in [2.45, 2.75) is 20.8 Å². The monoisotopic (exact) mass is 266 g/mol. The molecule has 0 aliphatic carbocycles. The number of rotatable bonds is 3. The Morgan fingerprint density at radius 3 is 2.30 bits per heavy atom. The van der Waals surface area contributed by atoms with Crippen LogP contribution in [-0.4, -0.2) is 12.1 Å². The highest BCUT2D eigenvalue weighted by atomic mass is 16.2. The summed E-state index contributed by atoms with van der Waals surface area (Å²) in [6, 6.07) is 13.5. The molecule has 1 amide bonds. The Bertz CT molecular complexity index is 643. The molecule has 0 aliphatic rings. The number of benzene rings is 2. The van der Waals surface area contributed by atoms with Gasteiger partial charge in [0.2, 0.25) is 0 Å². The smallest absolute Gasteiger partial charge is 0.267 e. The van der Waals surface area contributed by atoms with E-state index in [0.29, 0.717) is 5.56 Å². The van der Waals surface area contributed by atoms with Crippen LogP contribution in [0.2, 0.25) is 0 Å². The first-order chi connectivity index (χ1) is 9.56. The third-order valence-corrected chi connectivity index (χ3v) is 3.11. The maximum atomic E-state index is 11.9. The Morgan fingerprint density at radius 2 is 1.65 bits per heavy atom. The number of nitrogens with one attached hydrogen (secondary N) is 1. The average Bonchev–Trinajstić information content (AvgIpc) is 2.42. The van der Waals surface area contributed by atoms with Gasteiger partial charge in [0, 0.05) is 5.56 Å². The molecule has 0 bridgehead atoms. The van der Waals surface area contributed by atoms with E-state index in [4.69, 9.17) is 0 Å². The first-order valence-electron chi connectivity index (χ1n) is 6.53. The zero-order chi connectivity index (χ0) is 14.5. The molecule has 0 fully saturated rings. The minimum Gasteiger partial charge on any atom is -0.267 e. The lowest BCUT2D eigenvalue weighted by Gasteiger charge is -2.02. The fraction of sp³-hybridized carbons (Fsp3) is 0.176. The molecular weight excluding hydrogens is 248 g/mol. The fourth-order valence-electron chi connectivity index (χ4n) is 1.90. The van der Waals surface area contributed by atoms with Crippen molar-refractivity contribution in [3.63, 3.8) is 0 Å². The van der Waals surface area contributed by atoms with Crippen molar-refractivity contribution < 1.29 is 4.79 Å². The summed E-state index contributed by atoms with van der Waals surface area (Å²) in [5.74, 6) is -0.203. The van der Waals surface area contributed by atoms with Gasteiger partial charge in [0.15, 0.2) is 0 Å². The van der Waals surface area contributed by atoms with Crippen LogP contribution < -0.4 is 5.43 Å². The van der Waals surface area contributed by atoms with Gasteiger partial charge in [-0.1, -0.05) is 41.5 Å². The van der Waals surface area contributed by atoms with E-state index in [0.717, 1.165) is 16.7 Å². The Morgan fingerprint density at radius 1 is 1.00 bits per heavy atom. The molecule has 102 valence electrons. The van der Waals surface area contributed by atoms with Gasteiger partial charge in [-0.2, -0.15) is 5.10 Å². The average molecular weight is 266 g/mol. The van der Waals surface area contributed by atoms with Gasteiger partial charge in [0.1, 0.15) is 0 Å². The number of hydrogen-bond acceptors (Lipinski definition) is 2. The minimum atomic E-state index is -0.203.